The minimum Gasteiger partial charge on any atom is -0.426 e. The average molecular weight is 269 g/mol. The molecule has 0 aliphatic heterocycles. The first-order valence-electron chi connectivity index (χ1n) is 4.77. The summed E-state index contributed by atoms with van der Waals surface area (Å²) in [4.78, 5) is 21.5. The molecule has 0 saturated carbocycles. The van der Waals surface area contributed by atoms with Crippen LogP contribution in [0.2, 0.25) is 0 Å². The Morgan fingerprint density at radius 3 is 2.41 bits per heavy atom. The fraction of sp³-hybridized carbons (Fsp3) is 0.750. The molecular weight excluding hydrogens is 254 g/mol. The maximum absolute atomic E-state index is 11.0. The zero-order valence-corrected chi connectivity index (χ0v) is 10.3. The Kier molecular flexibility index (Phi) is 6.51. The highest BCUT2D eigenvalue weighted by Gasteiger charge is 2.11. The van der Waals surface area contributed by atoms with E-state index < -0.39 is 34.2 Å². The van der Waals surface area contributed by atoms with Crippen LogP contribution in [0.5, 0.6) is 0 Å². The lowest BCUT2D eigenvalue weighted by Gasteiger charge is -2.13. The first kappa shape index (κ1) is 15.7. The molecule has 17 heavy (non-hydrogen) atoms. The molecule has 1 unspecified atom stereocenters. The fourth-order valence-electron chi connectivity index (χ4n) is 0.895. The summed E-state index contributed by atoms with van der Waals surface area (Å²) in [7, 11) is -4.02. The van der Waals surface area contributed by atoms with E-state index in [-0.39, 0.29) is 13.0 Å². The first-order valence-corrected chi connectivity index (χ1v) is 6.38. The molecule has 0 aromatic rings. The summed E-state index contributed by atoms with van der Waals surface area (Å²) in [6, 6.07) is 0. The van der Waals surface area contributed by atoms with Gasteiger partial charge in [0.1, 0.15) is 0 Å². The van der Waals surface area contributed by atoms with E-state index in [1.54, 1.807) is 0 Å². The molecule has 100 valence electrons. The number of carbonyl (C=O) groups is 2. The molecule has 0 radical (unpaired) electrons. The van der Waals surface area contributed by atoms with Crippen LogP contribution in [-0.2, 0) is 24.4 Å². The third-order valence-corrected chi connectivity index (χ3v) is 2.26. The molecule has 1 amide bonds. The van der Waals surface area contributed by atoms with Gasteiger partial charge in [-0.3, -0.25) is 9.35 Å². The van der Waals surface area contributed by atoms with Crippen LogP contribution in [0.15, 0.2) is 0 Å². The summed E-state index contributed by atoms with van der Waals surface area (Å²) in [5, 5.41) is 2.23. The van der Waals surface area contributed by atoms with Gasteiger partial charge in [0.25, 0.3) is 10.1 Å². The van der Waals surface area contributed by atoms with Gasteiger partial charge >= 0.3 is 12.1 Å². The van der Waals surface area contributed by atoms with Crippen molar-refractivity contribution in [1.29, 1.82) is 0 Å². The number of alkyl carbamates (subject to hydrolysis) is 1. The van der Waals surface area contributed by atoms with Gasteiger partial charge in [0, 0.05) is 20.4 Å². The molecule has 0 rings (SSSR count). The lowest BCUT2D eigenvalue weighted by atomic mass is 10.5. The van der Waals surface area contributed by atoms with Gasteiger partial charge in [-0.15, -0.1) is 0 Å². The second-order valence-electron chi connectivity index (χ2n) is 3.15. The van der Waals surface area contributed by atoms with E-state index in [1.807, 2.05) is 0 Å². The second kappa shape index (κ2) is 7.07. The van der Waals surface area contributed by atoms with Crippen LogP contribution in [0.4, 0.5) is 4.79 Å². The van der Waals surface area contributed by atoms with Crippen LogP contribution in [-0.4, -0.2) is 43.6 Å². The summed E-state index contributed by atoms with van der Waals surface area (Å²) >= 11 is 0. The normalized spacial score (nSPS) is 12.6. The van der Waals surface area contributed by atoms with Crippen molar-refractivity contribution >= 4 is 22.2 Å². The second-order valence-corrected chi connectivity index (χ2v) is 4.72. The monoisotopic (exact) mass is 269 g/mol. The number of hydrogen-bond donors (Lipinski definition) is 2. The zero-order valence-electron chi connectivity index (χ0n) is 9.50. The molecule has 2 N–H and O–H groups in total. The van der Waals surface area contributed by atoms with E-state index >= 15 is 0 Å². The Labute approximate surface area is 99.0 Å². The summed E-state index contributed by atoms with van der Waals surface area (Å²) < 4.78 is 38.2. The van der Waals surface area contributed by atoms with E-state index in [2.05, 4.69) is 14.8 Å². The highest BCUT2D eigenvalue weighted by molar-refractivity contribution is 7.85. The predicted octanol–water partition coefficient (Wildman–Crippen LogP) is -0.100. The summed E-state index contributed by atoms with van der Waals surface area (Å²) in [5.74, 6) is -1.04. The van der Waals surface area contributed by atoms with E-state index in [4.69, 9.17) is 4.55 Å². The largest absolute Gasteiger partial charge is 0.426 e. The Morgan fingerprint density at radius 1 is 1.35 bits per heavy atom. The molecule has 0 aromatic heterocycles. The van der Waals surface area contributed by atoms with Gasteiger partial charge in [0.05, 0.1) is 5.75 Å². The third kappa shape index (κ3) is 10.9. The predicted molar refractivity (Wildman–Crippen MR) is 56.7 cm³/mol. The van der Waals surface area contributed by atoms with Crippen molar-refractivity contribution in [2.24, 2.45) is 0 Å². The topological polar surface area (TPSA) is 119 Å². The van der Waals surface area contributed by atoms with Crippen molar-refractivity contribution < 1.29 is 32.0 Å². The van der Waals surface area contributed by atoms with Crippen molar-refractivity contribution in [2.45, 2.75) is 26.6 Å². The highest BCUT2D eigenvalue weighted by Crippen LogP contribution is 1.95. The SMILES string of the molecule is CC(=O)OC(C)OC(=O)NCCCS(=O)(=O)O. The molecule has 0 aliphatic carbocycles. The van der Waals surface area contributed by atoms with Crippen LogP contribution < -0.4 is 5.32 Å². The maximum atomic E-state index is 11.0. The van der Waals surface area contributed by atoms with Gasteiger partial charge in [0.15, 0.2) is 0 Å². The molecule has 8 nitrogen and oxygen atoms in total. The third-order valence-electron chi connectivity index (χ3n) is 1.45. The molecule has 9 heteroatoms. The fourth-order valence-corrected chi connectivity index (χ4v) is 1.40. The lowest BCUT2D eigenvalue weighted by Crippen LogP contribution is -2.31. The van der Waals surface area contributed by atoms with Gasteiger partial charge in [-0.2, -0.15) is 8.42 Å². The standard InChI is InChI=1S/C8H15NO7S/c1-6(10)15-7(2)16-8(11)9-4-3-5-17(12,13)14/h7H,3-5H2,1-2H3,(H,9,11)(H,12,13,14). The van der Waals surface area contributed by atoms with E-state index in [0.29, 0.717) is 0 Å². The van der Waals surface area contributed by atoms with Crippen LogP contribution in [0.3, 0.4) is 0 Å². The zero-order chi connectivity index (χ0) is 13.5. The molecule has 1 atom stereocenters. The average Bonchev–Trinajstić information content (AvgIpc) is 2.09. The number of amides is 1. The summed E-state index contributed by atoms with van der Waals surface area (Å²) in [5.41, 5.74) is 0. The van der Waals surface area contributed by atoms with Crippen molar-refractivity contribution in [3.63, 3.8) is 0 Å². The van der Waals surface area contributed by atoms with Gasteiger partial charge < -0.3 is 14.8 Å². The Hall–Kier alpha value is -1.35. The minimum absolute atomic E-state index is 0.0193. The number of hydrogen-bond acceptors (Lipinski definition) is 6. The first-order chi connectivity index (χ1) is 7.70. The number of esters is 1. The Bertz CT molecular complexity index is 364. The number of ether oxygens (including phenoxy) is 2. The van der Waals surface area contributed by atoms with Crippen LogP contribution in [0, 0.1) is 0 Å². The molecule has 0 fully saturated rings. The Morgan fingerprint density at radius 2 is 1.94 bits per heavy atom. The molecule has 0 bridgehead atoms. The van der Waals surface area contributed by atoms with Crippen molar-refractivity contribution in [3.05, 3.63) is 0 Å². The summed E-state index contributed by atoms with van der Waals surface area (Å²) in [6.45, 7) is 2.55. The molecular formula is C8H15NO7S. The van der Waals surface area contributed by atoms with Crippen LogP contribution in [0.1, 0.15) is 20.3 Å². The Balaban J connectivity index is 3.70. The number of rotatable bonds is 6. The summed E-state index contributed by atoms with van der Waals surface area (Å²) in [6.07, 6.45) is -1.81. The van der Waals surface area contributed by atoms with Crippen molar-refractivity contribution in [2.75, 3.05) is 12.3 Å². The van der Waals surface area contributed by atoms with Gasteiger partial charge in [-0.05, 0) is 6.42 Å². The number of nitrogens with one attached hydrogen (secondary N) is 1. The lowest BCUT2D eigenvalue weighted by molar-refractivity contribution is -0.162. The van der Waals surface area contributed by atoms with E-state index in [0.717, 1.165) is 0 Å². The molecule has 0 heterocycles. The molecule has 0 saturated heterocycles. The highest BCUT2D eigenvalue weighted by atomic mass is 32.2. The molecule has 0 spiro atoms. The van der Waals surface area contributed by atoms with Gasteiger partial charge in [0.2, 0.25) is 6.29 Å². The molecule has 0 aliphatic rings. The van der Waals surface area contributed by atoms with Gasteiger partial charge in [-0.25, -0.2) is 4.79 Å². The smallest absolute Gasteiger partial charge is 0.410 e. The number of carbonyl (C=O) groups excluding carboxylic acids is 2. The van der Waals surface area contributed by atoms with Gasteiger partial charge in [-0.1, -0.05) is 0 Å². The minimum atomic E-state index is -4.02. The van der Waals surface area contributed by atoms with Crippen molar-refractivity contribution in [3.8, 4) is 0 Å². The quantitative estimate of drug-likeness (QED) is 0.299. The van der Waals surface area contributed by atoms with E-state index in [1.165, 1.54) is 13.8 Å². The van der Waals surface area contributed by atoms with Crippen molar-refractivity contribution in [1.82, 2.24) is 5.32 Å². The maximum Gasteiger partial charge on any atom is 0.410 e. The van der Waals surface area contributed by atoms with Crippen LogP contribution >= 0.6 is 0 Å². The van der Waals surface area contributed by atoms with E-state index in [9.17, 15) is 18.0 Å². The van der Waals surface area contributed by atoms with Crippen LogP contribution in [0.25, 0.3) is 0 Å². The molecule has 0 aromatic carbocycles.